The second-order valence-corrected chi connectivity index (χ2v) is 7.91. The van der Waals surface area contributed by atoms with Gasteiger partial charge in [0.1, 0.15) is 0 Å². The molecule has 0 saturated carbocycles. The highest BCUT2D eigenvalue weighted by Crippen LogP contribution is 2.28. The molecule has 6 nitrogen and oxygen atoms in total. The van der Waals surface area contributed by atoms with Crippen LogP contribution in [0.4, 0.5) is 5.69 Å². The van der Waals surface area contributed by atoms with Crippen molar-refractivity contribution < 1.29 is 4.79 Å². The maximum absolute atomic E-state index is 11.6. The number of hydrogen-bond donors (Lipinski definition) is 2. The van der Waals surface area contributed by atoms with Gasteiger partial charge in [-0.15, -0.1) is 0 Å². The molecule has 1 atom stereocenters. The van der Waals surface area contributed by atoms with E-state index in [9.17, 15) is 4.79 Å². The number of benzene rings is 1. The lowest BCUT2D eigenvalue weighted by atomic mass is 9.87. The molecule has 0 bridgehead atoms. The predicted octanol–water partition coefficient (Wildman–Crippen LogP) is 2.46. The molecule has 1 unspecified atom stereocenters. The summed E-state index contributed by atoms with van der Waals surface area (Å²) in [4.78, 5) is 20.6. The summed E-state index contributed by atoms with van der Waals surface area (Å²) in [6, 6.07) is 8.49. The number of piperazine rings is 1. The molecule has 2 fully saturated rings. The van der Waals surface area contributed by atoms with Crippen LogP contribution in [0.15, 0.2) is 29.3 Å². The minimum absolute atomic E-state index is 0.0955. The summed E-state index contributed by atoms with van der Waals surface area (Å²) in [7, 11) is 1.87. The summed E-state index contributed by atoms with van der Waals surface area (Å²) < 4.78 is 0. The Hall–Kier alpha value is -2.24. The molecule has 0 spiro atoms. The molecule has 1 aromatic rings. The van der Waals surface area contributed by atoms with E-state index in [0.29, 0.717) is 13.1 Å². The van der Waals surface area contributed by atoms with E-state index in [1.54, 1.807) is 0 Å². The third kappa shape index (κ3) is 4.97. The lowest BCUT2D eigenvalue weighted by Gasteiger charge is -2.28. The van der Waals surface area contributed by atoms with Gasteiger partial charge in [0.25, 0.3) is 0 Å². The Bertz CT molecular complexity index is 668. The number of nitrogens with zero attached hydrogens (tertiary/aromatic N) is 3. The summed E-state index contributed by atoms with van der Waals surface area (Å²) in [5.74, 6) is 2.71. The summed E-state index contributed by atoms with van der Waals surface area (Å²) >= 11 is 0. The molecule has 3 rings (SSSR count). The summed E-state index contributed by atoms with van der Waals surface area (Å²) in [5, 5.41) is 6.40. The number of carbonyl (C=O) groups excluding carboxylic acids is 1. The number of likely N-dealkylation sites (tertiary alicyclic amines) is 1. The first-order valence-electron chi connectivity index (χ1n) is 10.7. The number of amides is 1. The zero-order valence-corrected chi connectivity index (χ0v) is 17.6. The molecule has 2 aliphatic heterocycles. The molecule has 154 valence electrons. The molecule has 2 aliphatic rings. The van der Waals surface area contributed by atoms with Crippen LogP contribution >= 0.6 is 0 Å². The largest absolute Gasteiger partial charge is 0.360 e. The van der Waals surface area contributed by atoms with Crippen LogP contribution < -0.4 is 15.5 Å². The van der Waals surface area contributed by atoms with Gasteiger partial charge in [-0.3, -0.25) is 9.79 Å². The number of carbonyl (C=O) groups is 1. The van der Waals surface area contributed by atoms with Crippen LogP contribution in [0.2, 0.25) is 0 Å². The second-order valence-electron chi connectivity index (χ2n) is 7.91. The van der Waals surface area contributed by atoms with Crippen molar-refractivity contribution in [1.82, 2.24) is 15.5 Å². The van der Waals surface area contributed by atoms with Gasteiger partial charge >= 0.3 is 0 Å². The average Bonchev–Trinajstić information content (AvgIpc) is 3.20. The van der Waals surface area contributed by atoms with Gasteiger partial charge in [0.05, 0.1) is 6.54 Å². The molecule has 28 heavy (non-hydrogen) atoms. The van der Waals surface area contributed by atoms with E-state index in [0.717, 1.165) is 49.7 Å². The molecule has 2 saturated heterocycles. The Balaban J connectivity index is 1.52. The van der Waals surface area contributed by atoms with Crippen molar-refractivity contribution in [2.24, 2.45) is 16.8 Å². The van der Waals surface area contributed by atoms with Gasteiger partial charge in [0.2, 0.25) is 5.91 Å². The van der Waals surface area contributed by atoms with E-state index in [-0.39, 0.29) is 5.91 Å². The third-order valence-corrected chi connectivity index (χ3v) is 6.24. The van der Waals surface area contributed by atoms with Crippen LogP contribution in [-0.4, -0.2) is 56.5 Å². The molecule has 2 heterocycles. The number of guanidine groups is 1. The highest BCUT2D eigenvalue weighted by molar-refractivity contribution is 5.82. The van der Waals surface area contributed by atoms with E-state index in [1.165, 1.54) is 24.8 Å². The molecular formula is C22H35N5O. The maximum atomic E-state index is 11.6. The van der Waals surface area contributed by atoms with Crippen LogP contribution in [0.1, 0.15) is 38.7 Å². The maximum Gasteiger partial charge on any atom is 0.239 e. The number of nitrogens with one attached hydrogen (secondary N) is 2. The van der Waals surface area contributed by atoms with Gasteiger partial charge in [-0.1, -0.05) is 38.8 Å². The van der Waals surface area contributed by atoms with Gasteiger partial charge in [-0.05, 0) is 36.0 Å². The fourth-order valence-corrected chi connectivity index (χ4v) is 4.52. The van der Waals surface area contributed by atoms with Crippen LogP contribution in [-0.2, 0) is 11.3 Å². The van der Waals surface area contributed by atoms with E-state index < -0.39 is 0 Å². The topological polar surface area (TPSA) is 60.0 Å². The van der Waals surface area contributed by atoms with Gasteiger partial charge in [0, 0.05) is 45.5 Å². The molecule has 0 aromatic heterocycles. The molecule has 1 aromatic carbocycles. The van der Waals surface area contributed by atoms with Crippen LogP contribution in [0.3, 0.4) is 0 Å². The lowest BCUT2D eigenvalue weighted by Crippen LogP contribution is -2.47. The van der Waals surface area contributed by atoms with Crippen molar-refractivity contribution in [3.05, 3.63) is 29.8 Å². The molecule has 1 amide bonds. The minimum atomic E-state index is 0.0955. The Morgan fingerprint density at radius 1 is 1.25 bits per heavy atom. The number of hydrogen-bond acceptors (Lipinski definition) is 3. The monoisotopic (exact) mass is 385 g/mol. The van der Waals surface area contributed by atoms with Crippen LogP contribution in [0.5, 0.6) is 0 Å². The van der Waals surface area contributed by atoms with Crippen molar-refractivity contribution in [1.29, 1.82) is 0 Å². The van der Waals surface area contributed by atoms with Crippen molar-refractivity contribution in [3.8, 4) is 0 Å². The Labute approximate surface area is 169 Å². The van der Waals surface area contributed by atoms with Gasteiger partial charge < -0.3 is 20.4 Å². The molecule has 2 N–H and O–H groups in total. The quantitative estimate of drug-likeness (QED) is 0.583. The first kappa shape index (κ1) is 20.5. The number of aliphatic imine (C=N–C) groups is 1. The van der Waals surface area contributed by atoms with Gasteiger partial charge in [-0.2, -0.15) is 0 Å². The molecule has 0 aliphatic carbocycles. The highest BCUT2D eigenvalue weighted by atomic mass is 16.2. The zero-order chi connectivity index (χ0) is 19.9. The average molecular weight is 386 g/mol. The minimum Gasteiger partial charge on any atom is -0.360 e. The molecule has 6 heteroatoms. The van der Waals surface area contributed by atoms with E-state index in [1.807, 2.05) is 7.05 Å². The van der Waals surface area contributed by atoms with Crippen molar-refractivity contribution in [2.75, 3.05) is 44.7 Å². The normalized spacial score (nSPS) is 20.6. The van der Waals surface area contributed by atoms with Crippen LogP contribution in [0.25, 0.3) is 0 Å². The summed E-state index contributed by atoms with van der Waals surface area (Å²) in [6.07, 6.45) is 3.81. The first-order valence-corrected chi connectivity index (χ1v) is 10.7. The Morgan fingerprint density at radius 3 is 2.64 bits per heavy atom. The fourth-order valence-electron chi connectivity index (χ4n) is 4.52. The first-order chi connectivity index (χ1) is 13.6. The fraction of sp³-hybridized carbons (Fsp3) is 0.636. The SMILES string of the molecule is CCC(CC)C1CCN(C(=NC)NCc2ccc(N3CCNC(=O)C3)cc2)C1. The third-order valence-electron chi connectivity index (χ3n) is 6.24. The van der Waals surface area contributed by atoms with E-state index >= 15 is 0 Å². The predicted molar refractivity (Wildman–Crippen MR) is 116 cm³/mol. The Morgan fingerprint density at radius 2 is 2.00 bits per heavy atom. The Kier molecular flexibility index (Phi) is 7.18. The van der Waals surface area contributed by atoms with Crippen molar-refractivity contribution in [2.45, 2.75) is 39.7 Å². The summed E-state index contributed by atoms with van der Waals surface area (Å²) in [6.45, 7) is 9.61. The van der Waals surface area contributed by atoms with Gasteiger partial charge in [-0.25, -0.2) is 0 Å². The number of rotatable bonds is 6. The van der Waals surface area contributed by atoms with E-state index in [4.69, 9.17) is 0 Å². The molecule has 0 radical (unpaired) electrons. The standard InChI is InChI=1S/C22H35N5O/c1-4-18(5-2)19-10-12-27(15-19)22(23-3)25-14-17-6-8-20(9-7-17)26-13-11-24-21(28)16-26/h6-9,18-19H,4-5,10-16H2,1-3H3,(H,23,25)(H,24,28). The lowest BCUT2D eigenvalue weighted by molar-refractivity contribution is -0.120. The van der Waals surface area contributed by atoms with Gasteiger partial charge in [0.15, 0.2) is 5.96 Å². The van der Waals surface area contributed by atoms with E-state index in [2.05, 4.69) is 63.5 Å². The summed E-state index contributed by atoms with van der Waals surface area (Å²) in [5.41, 5.74) is 2.33. The van der Waals surface area contributed by atoms with Crippen LogP contribution in [0, 0.1) is 11.8 Å². The zero-order valence-electron chi connectivity index (χ0n) is 17.6. The van der Waals surface area contributed by atoms with Crippen molar-refractivity contribution >= 4 is 17.6 Å². The number of anilines is 1. The smallest absolute Gasteiger partial charge is 0.239 e. The highest BCUT2D eigenvalue weighted by Gasteiger charge is 2.29. The second kappa shape index (κ2) is 9.80. The van der Waals surface area contributed by atoms with Crippen molar-refractivity contribution in [3.63, 3.8) is 0 Å². The molecular weight excluding hydrogens is 350 g/mol.